The molecule has 0 saturated heterocycles. The van der Waals surface area contributed by atoms with Crippen molar-refractivity contribution in [1.29, 1.82) is 0 Å². The highest BCUT2D eigenvalue weighted by Crippen LogP contribution is 2.24. The molecule has 0 aliphatic carbocycles. The van der Waals surface area contributed by atoms with E-state index in [9.17, 15) is 0 Å². The molecule has 0 aliphatic rings. The Morgan fingerprint density at radius 1 is 1.06 bits per heavy atom. The fourth-order valence-corrected chi connectivity index (χ4v) is 1.25. The lowest BCUT2D eigenvalue weighted by Gasteiger charge is -2.12. The molecule has 0 radical (unpaired) electrons. The van der Waals surface area contributed by atoms with Crippen LogP contribution >= 0.6 is 0 Å². The lowest BCUT2D eigenvalue weighted by atomic mass is 10.1. The van der Waals surface area contributed by atoms with Crippen LogP contribution in [0.2, 0.25) is 0 Å². The Hall–Kier alpha value is -1.12. The van der Waals surface area contributed by atoms with Crippen LogP contribution in [0.25, 0.3) is 0 Å². The first-order valence-corrected chi connectivity index (χ1v) is 5.97. The SMILES string of the molecule is CC.COc1cnc(C(C)C)nc1C(C)C. The predicted molar refractivity (Wildman–Crippen MR) is 68.1 cm³/mol. The van der Waals surface area contributed by atoms with Crippen molar-refractivity contribution in [3.8, 4) is 5.75 Å². The molecule has 0 atom stereocenters. The average Bonchev–Trinajstić information content (AvgIpc) is 2.30. The van der Waals surface area contributed by atoms with Crippen LogP contribution in [0.15, 0.2) is 6.20 Å². The molecular weight excluding hydrogens is 200 g/mol. The fraction of sp³-hybridized carbons (Fsp3) is 0.692. The van der Waals surface area contributed by atoms with Crippen LogP contribution in [0.1, 0.15) is 64.9 Å². The van der Waals surface area contributed by atoms with E-state index in [0.29, 0.717) is 11.8 Å². The van der Waals surface area contributed by atoms with Gasteiger partial charge in [-0.15, -0.1) is 0 Å². The molecule has 1 aromatic heterocycles. The molecule has 3 nitrogen and oxygen atoms in total. The zero-order valence-corrected chi connectivity index (χ0v) is 11.5. The molecule has 1 rings (SSSR count). The minimum absolute atomic E-state index is 0.360. The van der Waals surface area contributed by atoms with Crippen molar-refractivity contribution in [3.05, 3.63) is 17.7 Å². The summed E-state index contributed by atoms with van der Waals surface area (Å²) in [6, 6.07) is 0. The molecule has 0 N–H and O–H groups in total. The highest BCUT2D eigenvalue weighted by atomic mass is 16.5. The van der Waals surface area contributed by atoms with Crippen molar-refractivity contribution in [2.24, 2.45) is 0 Å². The average molecular weight is 224 g/mol. The maximum atomic E-state index is 5.22. The third kappa shape index (κ3) is 3.80. The van der Waals surface area contributed by atoms with E-state index in [1.54, 1.807) is 13.3 Å². The summed E-state index contributed by atoms with van der Waals surface area (Å²) >= 11 is 0. The molecule has 0 amide bonds. The molecule has 92 valence electrons. The Kier molecular flexibility index (Phi) is 6.70. The number of aromatic nitrogens is 2. The first-order valence-electron chi connectivity index (χ1n) is 5.97. The Morgan fingerprint density at radius 2 is 1.62 bits per heavy atom. The third-order valence-corrected chi connectivity index (χ3v) is 2.08. The van der Waals surface area contributed by atoms with Gasteiger partial charge in [0, 0.05) is 5.92 Å². The molecule has 0 aromatic carbocycles. The second-order valence-corrected chi connectivity index (χ2v) is 3.99. The quantitative estimate of drug-likeness (QED) is 0.784. The predicted octanol–water partition coefficient (Wildman–Crippen LogP) is 3.76. The van der Waals surface area contributed by atoms with E-state index in [1.807, 2.05) is 13.8 Å². The third-order valence-electron chi connectivity index (χ3n) is 2.08. The Bertz CT molecular complexity index is 309. The van der Waals surface area contributed by atoms with Gasteiger partial charge in [0.25, 0.3) is 0 Å². The maximum Gasteiger partial charge on any atom is 0.158 e. The van der Waals surface area contributed by atoms with Gasteiger partial charge in [0.1, 0.15) is 5.82 Å². The smallest absolute Gasteiger partial charge is 0.158 e. The number of methoxy groups -OCH3 is 1. The second-order valence-electron chi connectivity index (χ2n) is 3.99. The molecule has 0 aliphatic heterocycles. The topological polar surface area (TPSA) is 35.0 Å². The summed E-state index contributed by atoms with van der Waals surface area (Å²) < 4.78 is 5.22. The molecule has 0 bridgehead atoms. The number of hydrogen-bond acceptors (Lipinski definition) is 3. The number of ether oxygens (including phenoxy) is 1. The summed E-state index contributed by atoms with van der Waals surface area (Å²) in [5.74, 6) is 2.39. The van der Waals surface area contributed by atoms with Gasteiger partial charge in [0.05, 0.1) is 19.0 Å². The maximum absolute atomic E-state index is 5.22. The van der Waals surface area contributed by atoms with Gasteiger partial charge in [-0.2, -0.15) is 0 Å². The second kappa shape index (κ2) is 7.20. The van der Waals surface area contributed by atoms with Crippen LogP contribution in [-0.4, -0.2) is 17.1 Å². The number of nitrogens with zero attached hydrogens (tertiary/aromatic N) is 2. The van der Waals surface area contributed by atoms with Crippen LogP contribution in [-0.2, 0) is 0 Å². The lowest BCUT2D eigenvalue weighted by Crippen LogP contribution is -2.05. The number of rotatable bonds is 3. The van der Waals surface area contributed by atoms with Crippen LogP contribution in [0.4, 0.5) is 0 Å². The zero-order valence-electron chi connectivity index (χ0n) is 11.5. The van der Waals surface area contributed by atoms with Crippen LogP contribution in [0.3, 0.4) is 0 Å². The van der Waals surface area contributed by atoms with E-state index >= 15 is 0 Å². The largest absolute Gasteiger partial charge is 0.493 e. The first-order chi connectivity index (χ1) is 7.56. The molecule has 3 heteroatoms. The lowest BCUT2D eigenvalue weighted by molar-refractivity contribution is 0.400. The monoisotopic (exact) mass is 224 g/mol. The van der Waals surface area contributed by atoms with E-state index in [-0.39, 0.29) is 0 Å². The molecule has 16 heavy (non-hydrogen) atoms. The molecule has 1 aromatic rings. The first kappa shape index (κ1) is 14.9. The summed E-state index contributed by atoms with van der Waals surface area (Å²) in [5, 5.41) is 0. The normalized spacial score (nSPS) is 10.1. The molecular formula is C13H24N2O. The summed E-state index contributed by atoms with van der Waals surface area (Å²) in [4.78, 5) is 8.76. The molecule has 0 unspecified atom stereocenters. The fourth-order valence-electron chi connectivity index (χ4n) is 1.25. The van der Waals surface area contributed by atoms with E-state index < -0.39 is 0 Å². The minimum atomic E-state index is 0.360. The van der Waals surface area contributed by atoms with Crippen molar-refractivity contribution in [1.82, 2.24) is 9.97 Å². The van der Waals surface area contributed by atoms with Gasteiger partial charge in [-0.25, -0.2) is 9.97 Å². The Labute approximate surface area is 99.3 Å². The van der Waals surface area contributed by atoms with Crippen molar-refractivity contribution in [3.63, 3.8) is 0 Å². The van der Waals surface area contributed by atoms with Crippen LogP contribution < -0.4 is 4.74 Å². The van der Waals surface area contributed by atoms with E-state index in [4.69, 9.17) is 4.74 Å². The summed E-state index contributed by atoms with van der Waals surface area (Å²) in [6.07, 6.45) is 1.76. The molecule has 0 spiro atoms. The zero-order chi connectivity index (χ0) is 12.7. The van der Waals surface area contributed by atoms with E-state index in [2.05, 4.69) is 37.7 Å². The van der Waals surface area contributed by atoms with E-state index in [1.165, 1.54) is 0 Å². The van der Waals surface area contributed by atoms with Gasteiger partial charge < -0.3 is 4.74 Å². The highest BCUT2D eigenvalue weighted by Gasteiger charge is 2.12. The van der Waals surface area contributed by atoms with Crippen LogP contribution in [0.5, 0.6) is 5.75 Å². The van der Waals surface area contributed by atoms with Crippen molar-refractivity contribution in [2.45, 2.75) is 53.4 Å². The Balaban J connectivity index is 0.00000106. The number of hydrogen-bond donors (Lipinski definition) is 0. The standard InChI is InChI=1S/C11H18N2O.C2H6/c1-7(2)10-9(14-5)6-12-11(13-10)8(3)4;1-2/h6-8H,1-5H3;1-2H3. The highest BCUT2D eigenvalue weighted by molar-refractivity contribution is 5.27. The molecule has 0 saturated carbocycles. The van der Waals surface area contributed by atoms with Crippen molar-refractivity contribution in [2.75, 3.05) is 7.11 Å². The molecule has 1 heterocycles. The van der Waals surface area contributed by atoms with E-state index in [0.717, 1.165) is 17.3 Å². The van der Waals surface area contributed by atoms with Gasteiger partial charge >= 0.3 is 0 Å². The van der Waals surface area contributed by atoms with Gasteiger partial charge in [-0.05, 0) is 5.92 Å². The van der Waals surface area contributed by atoms with Gasteiger partial charge in [0.15, 0.2) is 5.75 Å². The summed E-state index contributed by atoms with van der Waals surface area (Å²) in [6.45, 7) is 12.4. The Morgan fingerprint density at radius 3 is 2.00 bits per heavy atom. The van der Waals surface area contributed by atoms with Gasteiger partial charge in [-0.1, -0.05) is 41.5 Å². The van der Waals surface area contributed by atoms with Crippen LogP contribution in [0, 0.1) is 0 Å². The summed E-state index contributed by atoms with van der Waals surface area (Å²) in [5.41, 5.74) is 0.992. The summed E-state index contributed by atoms with van der Waals surface area (Å²) in [7, 11) is 1.65. The van der Waals surface area contributed by atoms with Crippen molar-refractivity contribution >= 4 is 0 Å². The van der Waals surface area contributed by atoms with Gasteiger partial charge in [-0.3, -0.25) is 0 Å². The van der Waals surface area contributed by atoms with Gasteiger partial charge in [0.2, 0.25) is 0 Å². The van der Waals surface area contributed by atoms with Crippen molar-refractivity contribution < 1.29 is 4.74 Å². The molecule has 0 fully saturated rings. The minimum Gasteiger partial charge on any atom is -0.493 e.